The first-order valence-corrected chi connectivity index (χ1v) is 8.52. The SMILES string of the molecule is CC1(C(=O)N2CCN(c3ccccc3Cl)CC2)CCCCN1. The molecule has 1 aromatic carbocycles. The molecule has 0 radical (unpaired) electrons. The molecule has 0 spiro atoms. The van der Waals surface area contributed by atoms with Crippen molar-refractivity contribution < 1.29 is 4.79 Å². The monoisotopic (exact) mass is 321 g/mol. The third kappa shape index (κ3) is 3.08. The molecule has 2 saturated heterocycles. The van der Waals surface area contributed by atoms with Crippen LogP contribution >= 0.6 is 11.6 Å². The number of benzene rings is 1. The molecule has 0 aliphatic carbocycles. The number of halogens is 1. The van der Waals surface area contributed by atoms with Crippen molar-refractivity contribution in [2.24, 2.45) is 0 Å². The Balaban J connectivity index is 1.62. The van der Waals surface area contributed by atoms with E-state index >= 15 is 0 Å². The van der Waals surface area contributed by atoms with E-state index in [1.54, 1.807) is 0 Å². The molecule has 120 valence electrons. The quantitative estimate of drug-likeness (QED) is 0.909. The molecule has 2 fully saturated rings. The van der Waals surface area contributed by atoms with Crippen LogP contribution in [0.4, 0.5) is 5.69 Å². The molecule has 2 aliphatic heterocycles. The van der Waals surface area contributed by atoms with Crippen molar-refractivity contribution in [2.75, 3.05) is 37.6 Å². The molecule has 1 N–H and O–H groups in total. The standard InChI is InChI=1S/C17H24ClN3O/c1-17(8-4-5-9-19-17)16(22)21-12-10-20(11-13-21)15-7-3-2-6-14(15)18/h2-3,6-7,19H,4-5,8-13H2,1H3. The van der Waals surface area contributed by atoms with Gasteiger partial charge in [0, 0.05) is 26.2 Å². The fourth-order valence-electron chi connectivity index (χ4n) is 3.45. The van der Waals surface area contributed by atoms with E-state index in [9.17, 15) is 4.79 Å². The lowest BCUT2D eigenvalue weighted by molar-refractivity contribution is -0.139. The van der Waals surface area contributed by atoms with E-state index in [2.05, 4.69) is 17.1 Å². The van der Waals surface area contributed by atoms with E-state index in [1.165, 1.54) is 6.42 Å². The maximum atomic E-state index is 12.8. The fraction of sp³-hybridized carbons (Fsp3) is 0.588. The lowest BCUT2D eigenvalue weighted by Crippen LogP contribution is -2.61. The Morgan fingerprint density at radius 1 is 1.18 bits per heavy atom. The van der Waals surface area contributed by atoms with Crippen LogP contribution in [0.3, 0.4) is 0 Å². The number of carbonyl (C=O) groups excluding carboxylic acids is 1. The minimum absolute atomic E-state index is 0.256. The Kier molecular flexibility index (Phi) is 4.59. The van der Waals surface area contributed by atoms with Crippen LogP contribution in [-0.2, 0) is 4.79 Å². The maximum absolute atomic E-state index is 12.8. The number of piperidine rings is 1. The molecule has 22 heavy (non-hydrogen) atoms. The molecule has 4 nitrogen and oxygen atoms in total. The van der Waals surface area contributed by atoms with Gasteiger partial charge >= 0.3 is 0 Å². The van der Waals surface area contributed by atoms with Gasteiger partial charge in [-0.05, 0) is 44.9 Å². The van der Waals surface area contributed by atoms with Crippen LogP contribution < -0.4 is 10.2 Å². The Bertz CT molecular complexity index is 534. The summed E-state index contributed by atoms with van der Waals surface area (Å²) in [4.78, 5) is 17.1. The van der Waals surface area contributed by atoms with Gasteiger partial charge in [-0.15, -0.1) is 0 Å². The van der Waals surface area contributed by atoms with Gasteiger partial charge in [-0.1, -0.05) is 23.7 Å². The fourth-order valence-corrected chi connectivity index (χ4v) is 3.70. The minimum Gasteiger partial charge on any atom is -0.367 e. The molecular weight excluding hydrogens is 298 g/mol. The number of hydrogen-bond donors (Lipinski definition) is 1. The number of rotatable bonds is 2. The average Bonchev–Trinajstić information content (AvgIpc) is 2.55. The number of piperazine rings is 1. The maximum Gasteiger partial charge on any atom is 0.242 e. The highest BCUT2D eigenvalue weighted by atomic mass is 35.5. The van der Waals surface area contributed by atoms with E-state index < -0.39 is 0 Å². The van der Waals surface area contributed by atoms with E-state index in [0.29, 0.717) is 0 Å². The van der Waals surface area contributed by atoms with Crippen molar-refractivity contribution in [2.45, 2.75) is 31.7 Å². The zero-order chi connectivity index (χ0) is 15.6. The molecule has 1 unspecified atom stereocenters. The van der Waals surface area contributed by atoms with E-state index in [1.807, 2.05) is 29.2 Å². The summed E-state index contributed by atoms with van der Waals surface area (Å²) in [5.41, 5.74) is 0.698. The Labute approximate surface area is 137 Å². The predicted molar refractivity (Wildman–Crippen MR) is 90.5 cm³/mol. The molecule has 2 heterocycles. The van der Waals surface area contributed by atoms with E-state index in [-0.39, 0.29) is 11.4 Å². The molecule has 1 aromatic rings. The lowest BCUT2D eigenvalue weighted by atomic mass is 9.89. The Hall–Kier alpha value is -1.26. The van der Waals surface area contributed by atoms with Crippen molar-refractivity contribution >= 4 is 23.2 Å². The van der Waals surface area contributed by atoms with Crippen molar-refractivity contribution in [3.63, 3.8) is 0 Å². The van der Waals surface area contributed by atoms with Crippen LogP contribution in [0.2, 0.25) is 5.02 Å². The number of amides is 1. The smallest absolute Gasteiger partial charge is 0.242 e. The van der Waals surface area contributed by atoms with Gasteiger partial charge in [0.15, 0.2) is 0 Å². The van der Waals surface area contributed by atoms with Gasteiger partial charge in [0.25, 0.3) is 0 Å². The number of nitrogens with zero attached hydrogens (tertiary/aromatic N) is 2. The highest BCUT2D eigenvalue weighted by Gasteiger charge is 2.38. The zero-order valence-electron chi connectivity index (χ0n) is 13.1. The van der Waals surface area contributed by atoms with E-state index in [4.69, 9.17) is 11.6 Å². The van der Waals surface area contributed by atoms with Crippen molar-refractivity contribution in [1.82, 2.24) is 10.2 Å². The summed E-state index contributed by atoms with van der Waals surface area (Å²) in [6, 6.07) is 7.91. The second kappa shape index (κ2) is 6.47. The van der Waals surface area contributed by atoms with Gasteiger partial charge < -0.3 is 15.1 Å². The van der Waals surface area contributed by atoms with Crippen LogP contribution in [0.25, 0.3) is 0 Å². The van der Waals surface area contributed by atoms with E-state index in [0.717, 1.165) is 56.3 Å². The molecule has 5 heteroatoms. The Morgan fingerprint density at radius 3 is 2.55 bits per heavy atom. The van der Waals surface area contributed by atoms with Gasteiger partial charge in [0.2, 0.25) is 5.91 Å². The summed E-state index contributed by atoms with van der Waals surface area (Å²) < 4.78 is 0. The van der Waals surface area contributed by atoms with Crippen molar-refractivity contribution in [1.29, 1.82) is 0 Å². The molecule has 1 atom stereocenters. The normalized spacial score (nSPS) is 26.1. The summed E-state index contributed by atoms with van der Waals surface area (Å²) in [6.07, 6.45) is 3.24. The summed E-state index contributed by atoms with van der Waals surface area (Å²) in [6.45, 7) is 6.20. The van der Waals surface area contributed by atoms with Gasteiger partial charge in [-0.2, -0.15) is 0 Å². The topological polar surface area (TPSA) is 35.6 Å². The van der Waals surface area contributed by atoms with Gasteiger partial charge in [-0.25, -0.2) is 0 Å². The third-order valence-electron chi connectivity index (χ3n) is 4.85. The first kappa shape index (κ1) is 15.6. The van der Waals surface area contributed by atoms with Crippen molar-refractivity contribution in [3.05, 3.63) is 29.3 Å². The number of para-hydroxylation sites is 1. The highest BCUT2D eigenvalue weighted by molar-refractivity contribution is 6.33. The zero-order valence-corrected chi connectivity index (χ0v) is 13.9. The summed E-state index contributed by atoms with van der Waals surface area (Å²) in [5, 5.41) is 4.20. The lowest BCUT2D eigenvalue weighted by Gasteiger charge is -2.42. The third-order valence-corrected chi connectivity index (χ3v) is 5.17. The molecule has 0 bridgehead atoms. The molecular formula is C17H24ClN3O. The average molecular weight is 322 g/mol. The number of nitrogens with one attached hydrogen (secondary N) is 1. The van der Waals surface area contributed by atoms with Crippen LogP contribution in [0.1, 0.15) is 26.2 Å². The number of carbonyl (C=O) groups is 1. The predicted octanol–water partition coefficient (Wildman–Crippen LogP) is 2.52. The minimum atomic E-state index is -0.370. The van der Waals surface area contributed by atoms with Crippen LogP contribution in [0, 0.1) is 0 Å². The van der Waals surface area contributed by atoms with Gasteiger partial charge in [0.05, 0.1) is 16.2 Å². The summed E-state index contributed by atoms with van der Waals surface area (Å²) >= 11 is 6.27. The molecule has 2 aliphatic rings. The first-order chi connectivity index (χ1) is 10.6. The first-order valence-electron chi connectivity index (χ1n) is 8.14. The van der Waals surface area contributed by atoms with Gasteiger partial charge in [-0.3, -0.25) is 4.79 Å². The molecule has 0 saturated carbocycles. The molecule has 1 amide bonds. The second-order valence-corrected chi connectivity index (χ2v) is 6.85. The molecule has 0 aromatic heterocycles. The van der Waals surface area contributed by atoms with Crippen LogP contribution in [0.5, 0.6) is 0 Å². The number of anilines is 1. The summed E-state index contributed by atoms with van der Waals surface area (Å²) in [5.74, 6) is 0.256. The largest absolute Gasteiger partial charge is 0.367 e. The summed E-state index contributed by atoms with van der Waals surface area (Å²) in [7, 11) is 0. The highest BCUT2D eigenvalue weighted by Crippen LogP contribution is 2.27. The van der Waals surface area contributed by atoms with Crippen LogP contribution in [-0.4, -0.2) is 49.1 Å². The van der Waals surface area contributed by atoms with Crippen molar-refractivity contribution in [3.8, 4) is 0 Å². The second-order valence-electron chi connectivity index (χ2n) is 6.45. The number of hydrogen-bond acceptors (Lipinski definition) is 3. The Morgan fingerprint density at radius 2 is 1.91 bits per heavy atom. The molecule has 3 rings (SSSR count). The van der Waals surface area contributed by atoms with Crippen LogP contribution in [0.15, 0.2) is 24.3 Å². The van der Waals surface area contributed by atoms with Gasteiger partial charge in [0.1, 0.15) is 0 Å².